The van der Waals surface area contributed by atoms with E-state index in [1.807, 2.05) is 0 Å². The molecule has 0 saturated heterocycles. The Labute approximate surface area is 82.8 Å². The summed E-state index contributed by atoms with van der Waals surface area (Å²) in [6, 6.07) is 0. The van der Waals surface area contributed by atoms with E-state index in [0.717, 1.165) is 0 Å². The zero-order valence-electron chi connectivity index (χ0n) is 5.93. The number of alkyl halides is 10. The van der Waals surface area contributed by atoms with Crippen molar-refractivity contribution >= 4 is 23.2 Å². The standard InChI is InChI=1S/2C2HClF4/c2*3-1(4)2(5,6)7/h2*1H. The molecule has 0 aliphatic rings. The molecule has 0 aromatic carbocycles. The van der Waals surface area contributed by atoms with Gasteiger partial charge in [0.1, 0.15) is 0 Å². The van der Waals surface area contributed by atoms with Crippen LogP contribution in [0.4, 0.5) is 35.1 Å². The maximum Gasteiger partial charge on any atom is 0.433 e. The van der Waals surface area contributed by atoms with Crippen LogP contribution in [0.3, 0.4) is 0 Å². The van der Waals surface area contributed by atoms with Crippen molar-refractivity contribution in [3.05, 3.63) is 0 Å². The first kappa shape index (κ1) is 16.4. The van der Waals surface area contributed by atoms with Crippen molar-refractivity contribution in [1.29, 1.82) is 0 Å². The highest BCUT2D eigenvalue weighted by Crippen LogP contribution is 2.25. The molecule has 0 spiro atoms. The van der Waals surface area contributed by atoms with Crippen LogP contribution in [0.25, 0.3) is 0 Å². The smallest absolute Gasteiger partial charge is 0.220 e. The summed E-state index contributed by atoms with van der Waals surface area (Å²) in [6.45, 7) is 0. The molecule has 0 nitrogen and oxygen atoms in total. The van der Waals surface area contributed by atoms with Crippen molar-refractivity contribution in [3.8, 4) is 0 Å². The Morgan fingerprint density at radius 1 is 0.643 bits per heavy atom. The summed E-state index contributed by atoms with van der Waals surface area (Å²) in [5.74, 6) is 0. The van der Waals surface area contributed by atoms with Gasteiger partial charge in [0.05, 0.1) is 0 Å². The minimum atomic E-state index is -4.90. The summed E-state index contributed by atoms with van der Waals surface area (Å²) in [4.78, 5) is 0. The molecule has 0 aromatic heterocycles. The van der Waals surface area contributed by atoms with Crippen LogP contribution < -0.4 is 0 Å². The minimum Gasteiger partial charge on any atom is -0.220 e. The number of halogens is 10. The Morgan fingerprint density at radius 3 is 0.714 bits per heavy atom. The third-order valence-corrected chi connectivity index (χ3v) is 0.990. The first-order valence-electron chi connectivity index (χ1n) is 2.58. The fourth-order valence-corrected chi connectivity index (χ4v) is 0. The van der Waals surface area contributed by atoms with Crippen LogP contribution >= 0.6 is 23.2 Å². The van der Waals surface area contributed by atoms with E-state index in [9.17, 15) is 35.1 Å². The molecular weight excluding hydrogens is 271 g/mol. The van der Waals surface area contributed by atoms with Gasteiger partial charge in [-0.1, -0.05) is 23.2 Å². The van der Waals surface area contributed by atoms with Gasteiger partial charge in [-0.15, -0.1) is 0 Å². The third-order valence-electron chi connectivity index (χ3n) is 0.495. The van der Waals surface area contributed by atoms with E-state index in [2.05, 4.69) is 23.2 Å². The van der Waals surface area contributed by atoms with Gasteiger partial charge in [-0.05, 0) is 0 Å². The van der Waals surface area contributed by atoms with Crippen molar-refractivity contribution in [2.75, 3.05) is 0 Å². The fraction of sp³-hybridized carbons (Fsp3) is 1.00. The van der Waals surface area contributed by atoms with Gasteiger partial charge in [0.2, 0.25) is 0 Å². The maximum atomic E-state index is 10.8. The molecule has 0 bridgehead atoms. The summed E-state index contributed by atoms with van der Waals surface area (Å²) in [6.07, 6.45) is -9.80. The summed E-state index contributed by atoms with van der Waals surface area (Å²) < 4.78 is 85.7. The molecule has 2 atom stereocenters. The zero-order valence-corrected chi connectivity index (χ0v) is 7.45. The normalized spacial score (nSPS) is 16.7. The van der Waals surface area contributed by atoms with Crippen LogP contribution in [0.5, 0.6) is 0 Å². The Hall–Kier alpha value is 0.0200. The van der Waals surface area contributed by atoms with Crippen LogP contribution in [0.2, 0.25) is 0 Å². The van der Waals surface area contributed by atoms with Crippen molar-refractivity contribution in [2.45, 2.75) is 23.6 Å². The van der Waals surface area contributed by atoms with Crippen LogP contribution in [-0.4, -0.2) is 23.6 Å². The summed E-state index contributed by atoms with van der Waals surface area (Å²) in [5.41, 5.74) is -6.46. The molecule has 88 valence electrons. The Kier molecular flexibility index (Phi) is 6.81. The molecule has 0 heterocycles. The van der Waals surface area contributed by atoms with E-state index in [-0.39, 0.29) is 0 Å². The van der Waals surface area contributed by atoms with Crippen LogP contribution in [0, 0.1) is 0 Å². The summed E-state index contributed by atoms with van der Waals surface area (Å²) in [7, 11) is 0. The fourth-order valence-electron chi connectivity index (χ4n) is 0. The average Bonchev–Trinajstić information content (AvgIpc) is 1.83. The van der Waals surface area contributed by atoms with Crippen LogP contribution in [0.1, 0.15) is 0 Å². The molecule has 10 heteroatoms. The lowest BCUT2D eigenvalue weighted by molar-refractivity contribution is -0.157. The molecule has 0 amide bonds. The lowest BCUT2D eigenvalue weighted by atomic mass is 10.7. The number of hydrogen-bond donors (Lipinski definition) is 0. The summed E-state index contributed by atoms with van der Waals surface area (Å²) in [5, 5.41) is 0. The molecule has 0 fully saturated rings. The molecule has 0 aromatic rings. The van der Waals surface area contributed by atoms with Gasteiger partial charge in [0.25, 0.3) is 11.3 Å². The predicted octanol–water partition coefficient (Wildman–Crippen LogP) is 4.17. The van der Waals surface area contributed by atoms with E-state index in [0.29, 0.717) is 0 Å². The highest BCUT2D eigenvalue weighted by Gasteiger charge is 2.38. The van der Waals surface area contributed by atoms with Crippen molar-refractivity contribution in [2.24, 2.45) is 0 Å². The second kappa shape index (κ2) is 5.79. The molecule has 0 N–H and O–H groups in total. The Balaban J connectivity index is 0. The van der Waals surface area contributed by atoms with Gasteiger partial charge < -0.3 is 0 Å². The van der Waals surface area contributed by atoms with Gasteiger partial charge in [-0.2, -0.15) is 26.3 Å². The quantitative estimate of drug-likeness (QED) is 0.459. The van der Waals surface area contributed by atoms with E-state index in [1.165, 1.54) is 0 Å². The molecule has 14 heavy (non-hydrogen) atoms. The largest absolute Gasteiger partial charge is 0.433 e. The van der Waals surface area contributed by atoms with Gasteiger partial charge in [-0.25, -0.2) is 8.78 Å². The van der Waals surface area contributed by atoms with Gasteiger partial charge in [0.15, 0.2) is 0 Å². The highest BCUT2D eigenvalue weighted by molar-refractivity contribution is 6.20. The zero-order chi connectivity index (χ0) is 12.2. The van der Waals surface area contributed by atoms with Crippen molar-refractivity contribution in [1.82, 2.24) is 0 Å². The molecule has 0 radical (unpaired) electrons. The highest BCUT2D eigenvalue weighted by atomic mass is 35.5. The minimum absolute atomic E-state index is 3.23. The van der Waals surface area contributed by atoms with Gasteiger partial charge in [-0.3, -0.25) is 0 Å². The first-order chi connectivity index (χ1) is 5.89. The van der Waals surface area contributed by atoms with Crippen LogP contribution in [0.15, 0.2) is 0 Å². The van der Waals surface area contributed by atoms with Crippen molar-refractivity contribution < 1.29 is 35.1 Å². The number of rotatable bonds is 0. The van der Waals surface area contributed by atoms with E-state index in [1.54, 1.807) is 0 Å². The number of hydrogen-bond acceptors (Lipinski definition) is 0. The first-order valence-corrected chi connectivity index (χ1v) is 3.46. The van der Waals surface area contributed by atoms with Gasteiger partial charge >= 0.3 is 12.4 Å². The van der Waals surface area contributed by atoms with Gasteiger partial charge in [0, 0.05) is 0 Å². The topological polar surface area (TPSA) is 0 Å². The molecule has 0 rings (SSSR count). The van der Waals surface area contributed by atoms with Crippen LogP contribution in [-0.2, 0) is 0 Å². The molecule has 2 unspecified atom stereocenters. The summed E-state index contributed by atoms with van der Waals surface area (Å²) >= 11 is 7.92. The lowest BCUT2D eigenvalue weighted by Gasteiger charge is -2.01. The Morgan fingerprint density at radius 2 is 0.714 bits per heavy atom. The molecule has 0 aliphatic carbocycles. The molecule has 0 saturated carbocycles. The molecule has 0 aliphatic heterocycles. The lowest BCUT2D eigenvalue weighted by Crippen LogP contribution is -2.17. The van der Waals surface area contributed by atoms with E-state index >= 15 is 0 Å². The molecular formula is C4H2Cl2F8. The monoisotopic (exact) mass is 272 g/mol. The second-order valence-electron chi connectivity index (χ2n) is 1.68. The SMILES string of the molecule is FC(Cl)C(F)(F)F.FC(Cl)C(F)(F)F. The Bertz CT molecular complexity index is 128. The average molecular weight is 273 g/mol. The van der Waals surface area contributed by atoms with E-state index < -0.39 is 23.6 Å². The van der Waals surface area contributed by atoms with E-state index in [4.69, 9.17) is 0 Å². The second-order valence-corrected chi connectivity index (χ2v) is 2.45. The maximum absolute atomic E-state index is 10.8. The predicted molar refractivity (Wildman–Crippen MR) is 33.6 cm³/mol. The van der Waals surface area contributed by atoms with Crippen molar-refractivity contribution in [3.63, 3.8) is 0 Å². The third kappa shape index (κ3) is 10.1.